The van der Waals surface area contributed by atoms with Gasteiger partial charge >= 0.3 is 4.87 Å². The number of piperidine rings is 1. The van der Waals surface area contributed by atoms with Crippen LogP contribution in [0.1, 0.15) is 55.7 Å². The quantitative estimate of drug-likeness (QED) is 0.558. The van der Waals surface area contributed by atoms with Gasteiger partial charge in [-0.3, -0.25) is 14.2 Å². The van der Waals surface area contributed by atoms with Gasteiger partial charge < -0.3 is 4.90 Å². The number of carbonyl (C=O) groups is 1. The van der Waals surface area contributed by atoms with Gasteiger partial charge in [-0.1, -0.05) is 35.6 Å². The van der Waals surface area contributed by atoms with E-state index in [0.717, 1.165) is 68.5 Å². The highest BCUT2D eigenvalue weighted by molar-refractivity contribution is 7.89. The van der Waals surface area contributed by atoms with Crippen LogP contribution in [0, 0.1) is 0 Å². The average molecular weight is 500 g/mol. The minimum Gasteiger partial charge on any atom is -0.343 e. The molecule has 1 aliphatic carbocycles. The number of aryl methyl sites for hydroxylation is 2. The van der Waals surface area contributed by atoms with E-state index in [2.05, 4.69) is 10.8 Å². The normalized spacial score (nSPS) is 18.7. The summed E-state index contributed by atoms with van der Waals surface area (Å²) in [7, 11) is -3.75. The molecule has 1 fully saturated rings. The van der Waals surface area contributed by atoms with Gasteiger partial charge in [0, 0.05) is 32.1 Å². The Morgan fingerprint density at radius 1 is 1.06 bits per heavy atom. The number of benzene rings is 2. The molecule has 1 atom stereocenters. The van der Waals surface area contributed by atoms with Crippen molar-refractivity contribution in [2.75, 3.05) is 13.1 Å². The molecular weight excluding hydrogens is 470 g/mol. The van der Waals surface area contributed by atoms with Crippen molar-refractivity contribution in [1.29, 1.82) is 0 Å². The third-order valence-corrected chi connectivity index (χ3v) is 9.29. The van der Waals surface area contributed by atoms with E-state index in [1.807, 2.05) is 23.1 Å². The maximum absolute atomic E-state index is 13.2. The number of amides is 1. The first-order valence-electron chi connectivity index (χ1n) is 11.9. The SMILES string of the molecule is O=C(CCn1c(=O)sc2cc(S(=O)(=O)N[C@H]3CCCc4ccccc43)ccc21)N1CCCCC1. The van der Waals surface area contributed by atoms with Gasteiger partial charge in [0.15, 0.2) is 0 Å². The molecule has 0 radical (unpaired) electrons. The lowest BCUT2D eigenvalue weighted by Gasteiger charge is -2.26. The molecule has 2 heterocycles. The van der Waals surface area contributed by atoms with Gasteiger partial charge in [-0.05, 0) is 67.9 Å². The highest BCUT2D eigenvalue weighted by atomic mass is 32.2. The van der Waals surface area contributed by atoms with Gasteiger partial charge in [-0.25, -0.2) is 13.1 Å². The number of thiazole rings is 1. The summed E-state index contributed by atoms with van der Waals surface area (Å²) in [5, 5.41) is 0. The van der Waals surface area contributed by atoms with Crippen molar-refractivity contribution in [3.63, 3.8) is 0 Å². The molecule has 5 rings (SSSR count). The molecule has 3 aromatic rings. The van der Waals surface area contributed by atoms with Crippen LogP contribution in [0.3, 0.4) is 0 Å². The molecule has 34 heavy (non-hydrogen) atoms. The second-order valence-electron chi connectivity index (χ2n) is 9.11. The summed E-state index contributed by atoms with van der Waals surface area (Å²) < 4.78 is 31.5. The predicted octanol–water partition coefficient (Wildman–Crippen LogP) is 3.82. The molecular formula is C25H29N3O4S2. The molecule has 1 amide bonds. The molecule has 0 unspecified atom stereocenters. The summed E-state index contributed by atoms with van der Waals surface area (Å²) in [6.07, 6.45) is 6.15. The molecule has 1 saturated heterocycles. The van der Waals surface area contributed by atoms with Crippen molar-refractivity contribution in [3.05, 3.63) is 63.3 Å². The fraction of sp³-hybridized carbons (Fsp3) is 0.440. The van der Waals surface area contributed by atoms with E-state index in [1.165, 1.54) is 5.56 Å². The minimum absolute atomic E-state index is 0.0714. The van der Waals surface area contributed by atoms with Gasteiger partial charge in [0.2, 0.25) is 15.9 Å². The van der Waals surface area contributed by atoms with Crippen LogP contribution in [0.4, 0.5) is 0 Å². The van der Waals surface area contributed by atoms with Crippen LogP contribution in [-0.2, 0) is 27.8 Å². The zero-order valence-corrected chi connectivity index (χ0v) is 20.7. The number of nitrogens with one attached hydrogen (secondary N) is 1. The summed E-state index contributed by atoms with van der Waals surface area (Å²) in [5.74, 6) is 0.0714. The molecule has 180 valence electrons. The lowest BCUT2D eigenvalue weighted by molar-refractivity contribution is -0.132. The van der Waals surface area contributed by atoms with E-state index < -0.39 is 10.0 Å². The van der Waals surface area contributed by atoms with Gasteiger partial charge in [0.1, 0.15) is 0 Å². The number of sulfonamides is 1. The number of hydrogen-bond acceptors (Lipinski definition) is 5. The number of fused-ring (bicyclic) bond motifs is 2. The molecule has 7 nitrogen and oxygen atoms in total. The van der Waals surface area contributed by atoms with E-state index in [-0.39, 0.29) is 28.1 Å². The highest BCUT2D eigenvalue weighted by Gasteiger charge is 2.26. The topological polar surface area (TPSA) is 88.5 Å². The fourth-order valence-corrected chi connectivity index (χ4v) is 7.37. The molecule has 9 heteroatoms. The third-order valence-electron chi connectivity index (χ3n) is 6.87. The Kier molecular flexibility index (Phi) is 6.59. The maximum Gasteiger partial charge on any atom is 0.308 e. The Balaban J connectivity index is 1.34. The number of nitrogens with zero attached hydrogens (tertiary/aromatic N) is 2. The first-order chi connectivity index (χ1) is 16.4. The van der Waals surface area contributed by atoms with Crippen LogP contribution in [0.2, 0.25) is 0 Å². The largest absolute Gasteiger partial charge is 0.343 e. The zero-order chi connectivity index (χ0) is 23.7. The Morgan fingerprint density at radius 2 is 1.85 bits per heavy atom. The van der Waals surface area contributed by atoms with Crippen LogP contribution in [0.15, 0.2) is 52.2 Å². The van der Waals surface area contributed by atoms with Gasteiger partial charge in [0.05, 0.1) is 15.1 Å². The van der Waals surface area contributed by atoms with E-state index in [0.29, 0.717) is 16.8 Å². The second kappa shape index (κ2) is 9.64. The van der Waals surface area contributed by atoms with E-state index >= 15 is 0 Å². The lowest BCUT2D eigenvalue weighted by atomic mass is 9.88. The van der Waals surface area contributed by atoms with Gasteiger partial charge in [-0.2, -0.15) is 0 Å². The van der Waals surface area contributed by atoms with Crippen LogP contribution in [-0.4, -0.2) is 36.9 Å². The Morgan fingerprint density at radius 3 is 2.68 bits per heavy atom. The second-order valence-corrected chi connectivity index (χ2v) is 11.8. The molecule has 0 saturated carbocycles. The van der Waals surface area contributed by atoms with Gasteiger partial charge in [-0.15, -0.1) is 0 Å². The van der Waals surface area contributed by atoms with Crippen molar-refractivity contribution in [1.82, 2.24) is 14.2 Å². The first-order valence-corrected chi connectivity index (χ1v) is 14.2. The molecule has 2 aliphatic rings. The number of likely N-dealkylation sites (tertiary alicyclic amines) is 1. The Hall–Kier alpha value is -2.49. The number of rotatable bonds is 6. The molecule has 1 N–H and O–H groups in total. The number of hydrogen-bond donors (Lipinski definition) is 1. The van der Waals surface area contributed by atoms with Crippen LogP contribution in [0.25, 0.3) is 10.2 Å². The van der Waals surface area contributed by atoms with E-state index in [4.69, 9.17) is 0 Å². The summed E-state index contributed by atoms with van der Waals surface area (Å²) in [6, 6.07) is 12.5. The summed E-state index contributed by atoms with van der Waals surface area (Å²) in [6.45, 7) is 1.88. The summed E-state index contributed by atoms with van der Waals surface area (Å²) in [4.78, 5) is 27.0. The van der Waals surface area contributed by atoms with Crippen molar-refractivity contribution < 1.29 is 13.2 Å². The molecule has 1 aromatic heterocycles. The standard InChI is InChI=1S/C25H29N3O4S2/c29-24(27-14-4-1-5-15-27)13-16-28-22-12-11-19(17-23(22)33-25(28)30)34(31,32)26-21-10-6-8-18-7-2-3-9-20(18)21/h2-3,7,9,11-12,17,21,26H,1,4-6,8,10,13-16H2/t21-/m0/s1. The van der Waals surface area contributed by atoms with Gasteiger partial charge in [0.25, 0.3) is 0 Å². The number of carbonyl (C=O) groups excluding carboxylic acids is 1. The van der Waals surface area contributed by atoms with Crippen LogP contribution in [0.5, 0.6) is 0 Å². The van der Waals surface area contributed by atoms with Crippen molar-refractivity contribution in [3.8, 4) is 0 Å². The maximum atomic E-state index is 13.2. The van der Waals surface area contributed by atoms with Crippen LogP contribution < -0.4 is 9.60 Å². The molecule has 0 bridgehead atoms. The molecule has 2 aromatic carbocycles. The molecule has 1 aliphatic heterocycles. The van der Waals surface area contributed by atoms with E-state index in [9.17, 15) is 18.0 Å². The lowest BCUT2D eigenvalue weighted by Crippen LogP contribution is -2.36. The zero-order valence-electron chi connectivity index (χ0n) is 19.0. The van der Waals surface area contributed by atoms with Crippen LogP contribution >= 0.6 is 11.3 Å². The highest BCUT2D eigenvalue weighted by Crippen LogP contribution is 2.31. The third kappa shape index (κ3) is 4.69. The Labute approximate surface area is 203 Å². The fourth-order valence-electron chi connectivity index (χ4n) is 5.07. The minimum atomic E-state index is -3.75. The average Bonchev–Trinajstić information content (AvgIpc) is 3.17. The number of aromatic nitrogens is 1. The summed E-state index contributed by atoms with van der Waals surface area (Å²) >= 11 is 1.02. The Bertz CT molecular complexity index is 1370. The summed E-state index contributed by atoms with van der Waals surface area (Å²) in [5.41, 5.74) is 2.89. The monoisotopic (exact) mass is 499 g/mol. The first kappa shape index (κ1) is 23.3. The van der Waals surface area contributed by atoms with Crippen molar-refractivity contribution in [2.45, 2.75) is 62.4 Å². The smallest absolute Gasteiger partial charge is 0.308 e. The van der Waals surface area contributed by atoms with Crippen molar-refractivity contribution in [2.24, 2.45) is 0 Å². The predicted molar refractivity (Wildman–Crippen MR) is 134 cm³/mol. The van der Waals surface area contributed by atoms with E-state index in [1.54, 1.807) is 22.8 Å². The van der Waals surface area contributed by atoms with Crippen molar-refractivity contribution >= 4 is 37.5 Å². The molecule has 0 spiro atoms.